The topological polar surface area (TPSA) is 87.5 Å². The van der Waals surface area contributed by atoms with Crippen molar-refractivity contribution in [3.05, 3.63) is 27.4 Å². The molecule has 4 aliphatic rings. The number of amides is 3. The zero-order valence-electron chi connectivity index (χ0n) is 17.2. The van der Waals surface area contributed by atoms with Gasteiger partial charge in [0.2, 0.25) is 5.91 Å². The molecule has 0 aromatic carbocycles. The summed E-state index contributed by atoms with van der Waals surface area (Å²) >= 11 is 0. The number of aromatic nitrogens is 2. The number of urea groups is 1. The fourth-order valence-corrected chi connectivity index (χ4v) is 5.11. The zero-order valence-corrected chi connectivity index (χ0v) is 17.2. The number of fused-ring (bicyclic) bond motifs is 3. The minimum absolute atomic E-state index is 0.0141. The van der Waals surface area contributed by atoms with Crippen LogP contribution in [0.2, 0.25) is 0 Å². The second-order valence-electron chi connectivity index (χ2n) is 9.41. The maximum atomic E-state index is 13.3. The predicted molar refractivity (Wildman–Crippen MR) is 106 cm³/mol. The van der Waals surface area contributed by atoms with Crippen LogP contribution in [-0.4, -0.2) is 57.0 Å². The molecule has 4 heterocycles. The second-order valence-corrected chi connectivity index (χ2v) is 9.41. The second kappa shape index (κ2) is 6.57. The van der Waals surface area contributed by atoms with Crippen molar-refractivity contribution in [2.75, 3.05) is 19.6 Å². The smallest absolute Gasteiger partial charge is 0.317 e. The maximum absolute atomic E-state index is 13.3. The molecule has 2 fully saturated rings. The average molecular weight is 399 g/mol. The molecular formula is C21H29N5O3. The van der Waals surface area contributed by atoms with Crippen LogP contribution in [0.1, 0.15) is 56.6 Å². The molecule has 156 valence electrons. The van der Waals surface area contributed by atoms with Crippen LogP contribution in [-0.2, 0) is 29.7 Å². The Hall–Kier alpha value is -2.38. The van der Waals surface area contributed by atoms with E-state index in [1.807, 2.05) is 28.2 Å². The molecule has 1 saturated carbocycles. The Labute approximate surface area is 170 Å². The molecule has 1 aliphatic carbocycles. The summed E-state index contributed by atoms with van der Waals surface area (Å²) in [6.45, 7) is 6.91. The summed E-state index contributed by atoms with van der Waals surface area (Å²) in [5, 5.41) is 2.97. The van der Waals surface area contributed by atoms with Gasteiger partial charge in [0.15, 0.2) is 0 Å². The molecule has 1 spiro atoms. The van der Waals surface area contributed by atoms with E-state index >= 15 is 0 Å². The molecule has 1 N–H and O–H groups in total. The van der Waals surface area contributed by atoms with Crippen molar-refractivity contribution in [1.29, 1.82) is 0 Å². The van der Waals surface area contributed by atoms with Crippen LogP contribution in [0, 0.1) is 5.92 Å². The lowest BCUT2D eigenvalue weighted by Crippen LogP contribution is -2.44. The molecule has 0 radical (unpaired) electrons. The van der Waals surface area contributed by atoms with Gasteiger partial charge in [0.25, 0.3) is 5.56 Å². The summed E-state index contributed by atoms with van der Waals surface area (Å²) in [5.74, 6) is 1.22. The van der Waals surface area contributed by atoms with E-state index in [2.05, 4.69) is 5.32 Å². The van der Waals surface area contributed by atoms with Gasteiger partial charge < -0.3 is 15.1 Å². The average Bonchev–Trinajstić information content (AvgIpc) is 3.36. The fraction of sp³-hybridized carbons (Fsp3) is 0.714. The molecule has 3 aliphatic heterocycles. The Morgan fingerprint density at radius 3 is 2.62 bits per heavy atom. The van der Waals surface area contributed by atoms with Crippen LogP contribution < -0.4 is 10.9 Å². The summed E-state index contributed by atoms with van der Waals surface area (Å²) in [7, 11) is 0. The van der Waals surface area contributed by atoms with Crippen LogP contribution in [0.5, 0.6) is 0 Å². The number of hydrogen-bond acceptors (Lipinski definition) is 4. The van der Waals surface area contributed by atoms with Gasteiger partial charge >= 0.3 is 6.03 Å². The van der Waals surface area contributed by atoms with Gasteiger partial charge in [-0.3, -0.25) is 14.2 Å². The van der Waals surface area contributed by atoms with Crippen molar-refractivity contribution < 1.29 is 9.59 Å². The first-order chi connectivity index (χ1) is 13.9. The first kappa shape index (κ1) is 18.6. The number of carbonyl (C=O) groups is 2. The van der Waals surface area contributed by atoms with Gasteiger partial charge in [0.05, 0.1) is 17.8 Å². The lowest BCUT2D eigenvalue weighted by molar-refractivity contribution is -0.133. The number of likely N-dealkylation sites (tertiary alicyclic amines) is 1. The lowest BCUT2D eigenvalue weighted by atomic mass is 9.85. The molecule has 1 aromatic rings. The normalized spacial score (nSPS) is 25.5. The summed E-state index contributed by atoms with van der Waals surface area (Å²) in [5.41, 5.74) is 1.34. The van der Waals surface area contributed by atoms with E-state index in [-0.39, 0.29) is 34.9 Å². The monoisotopic (exact) mass is 399 g/mol. The maximum Gasteiger partial charge on any atom is 0.317 e. The Morgan fingerprint density at radius 2 is 1.90 bits per heavy atom. The highest BCUT2D eigenvalue weighted by molar-refractivity contribution is 5.81. The molecule has 1 aromatic heterocycles. The van der Waals surface area contributed by atoms with Crippen LogP contribution in [0.4, 0.5) is 4.79 Å². The van der Waals surface area contributed by atoms with Gasteiger partial charge in [-0.05, 0) is 39.5 Å². The summed E-state index contributed by atoms with van der Waals surface area (Å²) in [6.07, 6.45) is 4.29. The van der Waals surface area contributed by atoms with E-state index in [0.717, 1.165) is 37.2 Å². The lowest BCUT2D eigenvalue weighted by Gasteiger charge is -2.30. The highest BCUT2D eigenvalue weighted by Gasteiger charge is 2.48. The van der Waals surface area contributed by atoms with E-state index in [1.54, 1.807) is 0 Å². The van der Waals surface area contributed by atoms with Gasteiger partial charge in [-0.2, -0.15) is 0 Å². The quantitative estimate of drug-likeness (QED) is 0.804. The Kier molecular flexibility index (Phi) is 4.22. The molecule has 8 nitrogen and oxygen atoms in total. The van der Waals surface area contributed by atoms with Crippen molar-refractivity contribution in [1.82, 2.24) is 24.7 Å². The molecule has 1 saturated heterocycles. The van der Waals surface area contributed by atoms with Gasteiger partial charge in [-0.25, -0.2) is 9.78 Å². The fourth-order valence-electron chi connectivity index (χ4n) is 5.11. The van der Waals surface area contributed by atoms with E-state index < -0.39 is 0 Å². The summed E-state index contributed by atoms with van der Waals surface area (Å²) < 4.78 is 1.81. The minimum atomic E-state index is -0.219. The number of carbonyl (C=O) groups excluding carboxylic acids is 2. The molecule has 5 rings (SSSR count). The van der Waals surface area contributed by atoms with Crippen LogP contribution in [0.3, 0.4) is 0 Å². The van der Waals surface area contributed by atoms with E-state index in [0.29, 0.717) is 44.7 Å². The molecule has 3 amide bonds. The zero-order chi connectivity index (χ0) is 20.3. The number of nitrogens with zero attached hydrogens (tertiary/aromatic N) is 4. The SMILES string of the molecule is CC(C)NC(=O)N1CC[C@@]2(CCn3c2nc2c(c3=O)CN(C(=O)C3CC3)CC2)C1. The van der Waals surface area contributed by atoms with E-state index in [4.69, 9.17) is 4.98 Å². The molecule has 1 atom stereocenters. The Balaban J connectivity index is 1.42. The Morgan fingerprint density at radius 1 is 1.14 bits per heavy atom. The Bertz CT molecular complexity index is 935. The minimum Gasteiger partial charge on any atom is -0.337 e. The van der Waals surface area contributed by atoms with Crippen molar-refractivity contribution in [2.24, 2.45) is 5.92 Å². The number of hydrogen-bond donors (Lipinski definition) is 1. The van der Waals surface area contributed by atoms with Crippen molar-refractivity contribution >= 4 is 11.9 Å². The van der Waals surface area contributed by atoms with Crippen LogP contribution in [0.15, 0.2) is 4.79 Å². The van der Waals surface area contributed by atoms with Crippen LogP contribution in [0.25, 0.3) is 0 Å². The van der Waals surface area contributed by atoms with Crippen LogP contribution >= 0.6 is 0 Å². The first-order valence-corrected chi connectivity index (χ1v) is 10.9. The number of nitrogens with one attached hydrogen (secondary N) is 1. The molecular weight excluding hydrogens is 370 g/mol. The van der Waals surface area contributed by atoms with Crippen molar-refractivity contribution in [3.63, 3.8) is 0 Å². The highest BCUT2D eigenvalue weighted by Crippen LogP contribution is 2.41. The first-order valence-electron chi connectivity index (χ1n) is 10.9. The summed E-state index contributed by atoms with van der Waals surface area (Å²) in [4.78, 5) is 46.8. The standard InChI is InChI=1S/C21H29N5O3/c1-13(2)22-20(29)25-9-6-21(12-25)7-10-26-18(28)15-11-24(17(27)14-3-4-14)8-5-16(15)23-19(21)26/h13-14H,3-12H2,1-2H3,(H,22,29)/t21-/m1/s1. The largest absolute Gasteiger partial charge is 0.337 e. The molecule has 0 bridgehead atoms. The third kappa shape index (κ3) is 3.04. The summed E-state index contributed by atoms with van der Waals surface area (Å²) in [6, 6.07) is 0.0637. The third-order valence-corrected chi connectivity index (χ3v) is 6.90. The van der Waals surface area contributed by atoms with E-state index in [9.17, 15) is 14.4 Å². The third-order valence-electron chi connectivity index (χ3n) is 6.90. The molecule has 0 unspecified atom stereocenters. The molecule has 29 heavy (non-hydrogen) atoms. The number of rotatable bonds is 2. The molecule has 8 heteroatoms. The van der Waals surface area contributed by atoms with E-state index in [1.165, 1.54) is 0 Å². The van der Waals surface area contributed by atoms with Crippen molar-refractivity contribution in [2.45, 2.75) is 70.5 Å². The van der Waals surface area contributed by atoms with Gasteiger partial charge in [0.1, 0.15) is 5.82 Å². The van der Waals surface area contributed by atoms with Gasteiger partial charge in [-0.1, -0.05) is 0 Å². The predicted octanol–water partition coefficient (Wildman–Crippen LogP) is 1.00. The van der Waals surface area contributed by atoms with Gasteiger partial charge in [-0.15, -0.1) is 0 Å². The van der Waals surface area contributed by atoms with Gasteiger partial charge in [0, 0.05) is 50.0 Å². The van der Waals surface area contributed by atoms with Crippen molar-refractivity contribution in [3.8, 4) is 0 Å². The highest BCUT2D eigenvalue weighted by atomic mass is 16.2.